The van der Waals surface area contributed by atoms with Crippen LogP contribution in [0.3, 0.4) is 0 Å². The number of hydrogen-bond acceptors (Lipinski definition) is 3. The zero-order valence-corrected chi connectivity index (χ0v) is 10.3. The number of rotatable bonds is 1. The molecule has 4 heteroatoms. The van der Waals surface area contributed by atoms with Gasteiger partial charge in [-0.2, -0.15) is 0 Å². The molecule has 86 valence electrons. The smallest absolute Gasteiger partial charge is 0.402 e. The van der Waals surface area contributed by atoms with Crippen molar-refractivity contribution in [3.05, 3.63) is 0 Å². The van der Waals surface area contributed by atoms with E-state index in [0.29, 0.717) is 5.94 Å². The van der Waals surface area contributed by atoms with Gasteiger partial charge in [0.25, 0.3) is 0 Å². The molecule has 2 aliphatic rings. The molecule has 1 atom stereocenters. The van der Waals surface area contributed by atoms with Gasteiger partial charge in [0.1, 0.15) is 0 Å². The minimum absolute atomic E-state index is 0.0738. The van der Waals surface area contributed by atoms with Crippen molar-refractivity contribution in [1.29, 1.82) is 0 Å². The Labute approximate surface area is 93.0 Å². The lowest BCUT2D eigenvalue weighted by Gasteiger charge is -2.32. The van der Waals surface area contributed by atoms with Gasteiger partial charge in [-0.1, -0.05) is 6.42 Å². The van der Waals surface area contributed by atoms with E-state index < -0.39 is 0 Å². The second kappa shape index (κ2) is 3.76. The van der Waals surface area contributed by atoms with E-state index in [0.717, 1.165) is 13.0 Å². The van der Waals surface area contributed by atoms with Crippen LogP contribution in [0.2, 0.25) is 0 Å². The van der Waals surface area contributed by atoms with Crippen LogP contribution in [-0.4, -0.2) is 30.8 Å². The molecule has 2 fully saturated rings. The van der Waals surface area contributed by atoms with Crippen LogP contribution < -0.4 is 5.32 Å². The third-order valence-electron chi connectivity index (χ3n) is 3.95. The summed E-state index contributed by atoms with van der Waals surface area (Å²) in [5, 5.41) is 3.49. The van der Waals surface area contributed by atoms with Gasteiger partial charge >= 0.3 is 7.12 Å². The van der Waals surface area contributed by atoms with Crippen molar-refractivity contribution < 1.29 is 9.31 Å². The van der Waals surface area contributed by atoms with Crippen molar-refractivity contribution in [2.75, 3.05) is 6.54 Å². The highest BCUT2D eigenvalue weighted by atomic mass is 16.7. The Bertz CT molecular complexity index is 221. The first-order chi connectivity index (χ1) is 6.92. The Morgan fingerprint density at radius 1 is 1.07 bits per heavy atom. The van der Waals surface area contributed by atoms with E-state index in [1.165, 1.54) is 12.8 Å². The molecule has 0 aliphatic carbocycles. The second-order valence-corrected chi connectivity index (χ2v) is 5.68. The molecule has 0 spiro atoms. The van der Waals surface area contributed by atoms with Gasteiger partial charge in [0, 0.05) is 5.94 Å². The Hall–Kier alpha value is -0.0551. The minimum Gasteiger partial charge on any atom is -0.402 e. The van der Waals surface area contributed by atoms with Gasteiger partial charge in [-0.3, -0.25) is 0 Å². The predicted octanol–water partition coefficient (Wildman–Crippen LogP) is 1.76. The minimum atomic E-state index is -0.198. The number of piperidine rings is 1. The van der Waals surface area contributed by atoms with Gasteiger partial charge in [0.05, 0.1) is 11.2 Å². The van der Waals surface area contributed by atoms with Crippen LogP contribution in [0.15, 0.2) is 0 Å². The van der Waals surface area contributed by atoms with Crippen LogP contribution in [0.4, 0.5) is 0 Å². The third-order valence-corrected chi connectivity index (χ3v) is 3.95. The van der Waals surface area contributed by atoms with E-state index in [4.69, 9.17) is 9.31 Å². The standard InChI is InChI=1S/C11H22BNO2/c1-10(2)11(3,4)15-12(14-10)9-7-5-6-8-13-9/h9,13H,5-8H2,1-4H3/t9-/m0/s1. The van der Waals surface area contributed by atoms with Crippen molar-refractivity contribution in [3.63, 3.8) is 0 Å². The van der Waals surface area contributed by atoms with Crippen LogP contribution in [0.1, 0.15) is 47.0 Å². The van der Waals surface area contributed by atoms with Gasteiger partial charge in [-0.25, -0.2) is 0 Å². The Balaban J connectivity index is 2.02. The molecular formula is C11H22BNO2. The number of hydrogen-bond donors (Lipinski definition) is 1. The summed E-state index contributed by atoms with van der Waals surface area (Å²) in [6.07, 6.45) is 3.72. The molecule has 0 bridgehead atoms. The third kappa shape index (κ3) is 2.08. The maximum atomic E-state index is 6.02. The number of nitrogens with one attached hydrogen (secondary N) is 1. The molecule has 0 aromatic carbocycles. The SMILES string of the molecule is CC1(C)OB([C@@H]2CCCCN2)OC1(C)C. The van der Waals surface area contributed by atoms with Crippen LogP contribution in [-0.2, 0) is 9.31 Å². The lowest BCUT2D eigenvalue weighted by molar-refractivity contribution is 0.00578. The van der Waals surface area contributed by atoms with Crippen LogP contribution in [0, 0.1) is 0 Å². The fourth-order valence-electron chi connectivity index (χ4n) is 2.16. The van der Waals surface area contributed by atoms with Crippen molar-refractivity contribution in [3.8, 4) is 0 Å². The van der Waals surface area contributed by atoms with Gasteiger partial charge in [-0.05, 0) is 47.1 Å². The maximum Gasteiger partial charge on any atom is 0.476 e. The fraction of sp³-hybridized carbons (Fsp3) is 1.00. The lowest BCUT2D eigenvalue weighted by atomic mass is 9.74. The molecule has 2 heterocycles. The highest BCUT2D eigenvalue weighted by Gasteiger charge is 2.53. The first kappa shape index (κ1) is 11.4. The van der Waals surface area contributed by atoms with Crippen molar-refractivity contribution in [1.82, 2.24) is 5.32 Å². The molecule has 1 N–H and O–H groups in total. The fourth-order valence-corrected chi connectivity index (χ4v) is 2.16. The molecule has 2 saturated heterocycles. The van der Waals surface area contributed by atoms with E-state index in [1.54, 1.807) is 0 Å². The molecule has 2 rings (SSSR count). The van der Waals surface area contributed by atoms with Crippen LogP contribution in [0.5, 0.6) is 0 Å². The van der Waals surface area contributed by atoms with E-state index in [-0.39, 0.29) is 18.3 Å². The van der Waals surface area contributed by atoms with Crippen LogP contribution in [0.25, 0.3) is 0 Å². The molecule has 2 aliphatic heterocycles. The van der Waals surface area contributed by atoms with Gasteiger partial charge in [0.15, 0.2) is 0 Å². The van der Waals surface area contributed by atoms with Gasteiger partial charge in [0.2, 0.25) is 0 Å². The molecule has 0 unspecified atom stereocenters. The summed E-state index contributed by atoms with van der Waals surface area (Å²) in [7, 11) is -0.0738. The summed E-state index contributed by atoms with van der Waals surface area (Å²) in [6, 6.07) is 0. The first-order valence-electron chi connectivity index (χ1n) is 6.01. The summed E-state index contributed by atoms with van der Waals surface area (Å²) in [5.74, 6) is 0.375. The quantitative estimate of drug-likeness (QED) is 0.670. The normalized spacial score (nSPS) is 34.4. The molecule has 0 amide bonds. The highest BCUT2D eigenvalue weighted by Crippen LogP contribution is 2.38. The summed E-state index contributed by atoms with van der Waals surface area (Å²) in [6.45, 7) is 9.52. The molecule has 3 nitrogen and oxygen atoms in total. The lowest BCUT2D eigenvalue weighted by Crippen LogP contribution is -2.47. The molecule has 0 radical (unpaired) electrons. The Morgan fingerprint density at radius 2 is 1.67 bits per heavy atom. The van der Waals surface area contributed by atoms with Crippen LogP contribution >= 0.6 is 0 Å². The average Bonchev–Trinajstić information content (AvgIpc) is 2.38. The molecule has 15 heavy (non-hydrogen) atoms. The average molecular weight is 211 g/mol. The summed E-state index contributed by atoms with van der Waals surface area (Å²) < 4.78 is 12.0. The monoisotopic (exact) mass is 211 g/mol. The molecule has 0 saturated carbocycles. The van der Waals surface area contributed by atoms with Crippen molar-refractivity contribution in [2.45, 2.75) is 64.1 Å². The predicted molar refractivity (Wildman–Crippen MR) is 61.7 cm³/mol. The highest BCUT2D eigenvalue weighted by molar-refractivity contribution is 6.47. The van der Waals surface area contributed by atoms with Gasteiger partial charge < -0.3 is 14.6 Å². The molecule has 0 aromatic rings. The zero-order chi connectivity index (χ0) is 11.1. The zero-order valence-electron chi connectivity index (χ0n) is 10.3. The molecule has 0 aromatic heterocycles. The summed E-state index contributed by atoms with van der Waals surface area (Å²) in [4.78, 5) is 0. The van der Waals surface area contributed by atoms with Crippen molar-refractivity contribution in [2.24, 2.45) is 0 Å². The van der Waals surface area contributed by atoms with E-state index >= 15 is 0 Å². The first-order valence-corrected chi connectivity index (χ1v) is 6.01. The van der Waals surface area contributed by atoms with E-state index in [9.17, 15) is 0 Å². The van der Waals surface area contributed by atoms with E-state index in [2.05, 4.69) is 33.0 Å². The largest absolute Gasteiger partial charge is 0.476 e. The Kier molecular flexibility index (Phi) is 2.86. The second-order valence-electron chi connectivity index (χ2n) is 5.68. The summed E-state index contributed by atoms with van der Waals surface area (Å²) >= 11 is 0. The van der Waals surface area contributed by atoms with Gasteiger partial charge in [-0.15, -0.1) is 0 Å². The topological polar surface area (TPSA) is 30.5 Å². The Morgan fingerprint density at radius 3 is 2.13 bits per heavy atom. The molecular weight excluding hydrogens is 189 g/mol. The van der Waals surface area contributed by atoms with Crippen molar-refractivity contribution >= 4 is 7.12 Å². The van der Waals surface area contributed by atoms with E-state index in [1.807, 2.05) is 0 Å². The maximum absolute atomic E-state index is 6.02. The summed E-state index contributed by atoms with van der Waals surface area (Å²) in [5.41, 5.74) is -0.395.